The summed E-state index contributed by atoms with van der Waals surface area (Å²) in [5, 5.41) is 12.3. The molecule has 0 bridgehead atoms. The van der Waals surface area contributed by atoms with Crippen LogP contribution in [0, 0.1) is 10.1 Å². The van der Waals surface area contributed by atoms with Gasteiger partial charge in [-0.3, -0.25) is 14.9 Å². The van der Waals surface area contributed by atoms with Crippen LogP contribution < -0.4 is 4.90 Å². The SMILES string of the molecule is CCOC(=O)c1ccc(N2CCN(C(=O)c3ccc(Cl)cc3Cl)CC2)c([N+](=O)[O-])c1. The summed E-state index contributed by atoms with van der Waals surface area (Å²) in [4.78, 5) is 39.1. The van der Waals surface area contributed by atoms with E-state index < -0.39 is 10.9 Å². The lowest BCUT2D eigenvalue weighted by Gasteiger charge is -2.36. The topological polar surface area (TPSA) is 93.0 Å². The highest BCUT2D eigenvalue weighted by Gasteiger charge is 2.28. The number of esters is 1. The third-order valence-corrected chi connectivity index (χ3v) is 5.30. The van der Waals surface area contributed by atoms with Crippen LogP contribution in [0.5, 0.6) is 0 Å². The Labute approximate surface area is 183 Å². The summed E-state index contributed by atoms with van der Waals surface area (Å²) >= 11 is 12.0. The van der Waals surface area contributed by atoms with Crippen LogP contribution in [0.3, 0.4) is 0 Å². The number of piperazine rings is 1. The Kier molecular flexibility index (Phi) is 6.79. The van der Waals surface area contributed by atoms with Crippen molar-refractivity contribution in [3.05, 3.63) is 67.7 Å². The van der Waals surface area contributed by atoms with Gasteiger partial charge >= 0.3 is 5.97 Å². The normalized spacial score (nSPS) is 13.8. The molecule has 10 heteroatoms. The molecule has 0 aliphatic carbocycles. The molecule has 0 unspecified atom stereocenters. The van der Waals surface area contributed by atoms with Gasteiger partial charge in [-0.15, -0.1) is 0 Å². The molecule has 8 nitrogen and oxygen atoms in total. The number of rotatable bonds is 5. The summed E-state index contributed by atoms with van der Waals surface area (Å²) in [5.41, 5.74) is 0.698. The van der Waals surface area contributed by atoms with E-state index in [1.165, 1.54) is 24.3 Å². The van der Waals surface area contributed by atoms with Gasteiger partial charge in [0.1, 0.15) is 5.69 Å². The first-order chi connectivity index (χ1) is 14.3. The van der Waals surface area contributed by atoms with Crippen molar-refractivity contribution in [2.24, 2.45) is 0 Å². The van der Waals surface area contributed by atoms with Gasteiger partial charge in [0.15, 0.2) is 0 Å². The zero-order valence-corrected chi connectivity index (χ0v) is 17.7. The molecule has 2 aromatic rings. The minimum absolute atomic E-state index is 0.124. The van der Waals surface area contributed by atoms with Gasteiger partial charge in [-0.05, 0) is 37.3 Å². The number of benzene rings is 2. The third kappa shape index (κ3) is 4.66. The molecule has 0 atom stereocenters. The first kappa shape index (κ1) is 21.9. The van der Waals surface area contributed by atoms with Crippen LogP contribution >= 0.6 is 23.2 Å². The van der Waals surface area contributed by atoms with E-state index in [0.29, 0.717) is 42.5 Å². The van der Waals surface area contributed by atoms with Crippen molar-refractivity contribution in [3.8, 4) is 0 Å². The van der Waals surface area contributed by atoms with Gasteiger partial charge in [0, 0.05) is 37.3 Å². The van der Waals surface area contributed by atoms with Crippen LogP contribution in [0.1, 0.15) is 27.6 Å². The second kappa shape index (κ2) is 9.32. The molecule has 1 fully saturated rings. The van der Waals surface area contributed by atoms with Gasteiger partial charge in [-0.25, -0.2) is 4.79 Å². The Bertz CT molecular complexity index is 990. The number of nitro benzene ring substituents is 1. The van der Waals surface area contributed by atoms with Gasteiger partial charge < -0.3 is 14.5 Å². The van der Waals surface area contributed by atoms with Crippen molar-refractivity contribution in [1.82, 2.24) is 4.90 Å². The molecule has 1 aliphatic heterocycles. The molecular formula is C20H19Cl2N3O5. The van der Waals surface area contributed by atoms with Crippen LogP contribution in [0.2, 0.25) is 10.0 Å². The summed E-state index contributed by atoms with van der Waals surface area (Å²) in [6, 6.07) is 8.96. The molecule has 1 heterocycles. The maximum Gasteiger partial charge on any atom is 0.338 e. The molecule has 0 aromatic heterocycles. The van der Waals surface area contributed by atoms with Crippen LogP contribution in [0.25, 0.3) is 0 Å². The zero-order chi connectivity index (χ0) is 21.8. The molecule has 158 valence electrons. The monoisotopic (exact) mass is 451 g/mol. The van der Waals surface area contributed by atoms with E-state index in [1.54, 1.807) is 24.0 Å². The van der Waals surface area contributed by atoms with Crippen molar-refractivity contribution in [1.29, 1.82) is 0 Å². The Morgan fingerprint density at radius 3 is 2.40 bits per heavy atom. The lowest BCUT2D eigenvalue weighted by Crippen LogP contribution is -2.49. The quantitative estimate of drug-likeness (QED) is 0.386. The predicted molar refractivity (Wildman–Crippen MR) is 114 cm³/mol. The predicted octanol–water partition coefficient (Wildman–Crippen LogP) is 4.04. The molecule has 30 heavy (non-hydrogen) atoms. The summed E-state index contributed by atoms with van der Waals surface area (Å²) in [5.74, 6) is -0.828. The molecule has 3 rings (SSSR count). The number of halogens is 2. The van der Waals surface area contributed by atoms with Gasteiger partial charge in [-0.2, -0.15) is 0 Å². The number of carbonyl (C=O) groups excluding carboxylic acids is 2. The van der Waals surface area contributed by atoms with Crippen molar-refractivity contribution >= 4 is 46.5 Å². The van der Waals surface area contributed by atoms with Crippen LogP contribution in [-0.2, 0) is 4.74 Å². The van der Waals surface area contributed by atoms with E-state index in [4.69, 9.17) is 27.9 Å². The van der Waals surface area contributed by atoms with Crippen molar-refractivity contribution in [2.45, 2.75) is 6.92 Å². The van der Waals surface area contributed by atoms with Gasteiger partial charge in [0.2, 0.25) is 0 Å². The Hall–Kier alpha value is -2.84. The highest BCUT2D eigenvalue weighted by Crippen LogP contribution is 2.31. The first-order valence-electron chi connectivity index (χ1n) is 9.26. The average molecular weight is 452 g/mol. The summed E-state index contributed by atoms with van der Waals surface area (Å²) < 4.78 is 4.91. The molecule has 2 aromatic carbocycles. The highest BCUT2D eigenvalue weighted by atomic mass is 35.5. The lowest BCUT2D eigenvalue weighted by molar-refractivity contribution is -0.384. The maximum absolute atomic E-state index is 12.8. The molecule has 1 aliphatic rings. The maximum atomic E-state index is 12.8. The van der Waals surface area contributed by atoms with E-state index >= 15 is 0 Å². The number of nitro groups is 1. The number of nitrogens with zero attached hydrogens (tertiary/aromatic N) is 3. The number of ether oxygens (including phenoxy) is 1. The van der Waals surface area contributed by atoms with Crippen molar-refractivity contribution in [3.63, 3.8) is 0 Å². The van der Waals surface area contributed by atoms with Gasteiger partial charge in [0.05, 0.1) is 27.7 Å². The van der Waals surface area contributed by atoms with Crippen LogP contribution in [0.4, 0.5) is 11.4 Å². The smallest absolute Gasteiger partial charge is 0.338 e. The van der Waals surface area contributed by atoms with E-state index in [2.05, 4.69) is 0 Å². The second-order valence-electron chi connectivity index (χ2n) is 6.58. The number of hydrogen-bond acceptors (Lipinski definition) is 6. The van der Waals surface area contributed by atoms with E-state index in [1.807, 2.05) is 4.90 Å². The zero-order valence-electron chi connectivity index (χ0n) is 16.1. The Morgan fingerprint density at radius 2 is 1.80 bits per heavy atom. The van der Waals surface area contributed by atoms with Crippen molar-refractivity contribution < 1.29 is 19.2 Å². The second-order valence-corrected chi connectivity index (χ2v) is 7.43. The summed E-state index contributed by atoms with van der Waals surface area (Å²) in [6.07, 6.45) is 0. The van der Waals surface area contributed by atoms with Crippen LogP contribution in [0.15, 0.2) is 36.4 Å². The fourth-order valence-corrected chi connectivity index (χ4v) is 3.75. The van der Waals surface area contributed by atoms with Gasteiger partial charge in [-0.1, -0.05) is 23.2 Å². The average Bonchev–Trinajstić information content (AvgIpc) is 2.73. The summed E-state index contributed by atoms with van der Waals surface area (Å²) in [7, 11) is 0. The number of anilines is 1. The van der Waals surface area contributed by atoms with E-state index in [-0.39, 0.29) is 28.8 Å². The molecule has 1 saturated heterocycles. The summed E-state index contributed by atoms with van der Waals surface area (Å²) in [6.45, 7) is 3.39. The standard InChI is InChI=1S/C20H19Cl2N3O5/c1-2-30-20(27)13-3-6-17(18(11-13)25(28)29)23-7-9-24(10-8-23)19(26)15-5-4-14(21)12-16(15)22/h3-6,11-12H,2,7-10H2,1H3. The Morgan fingerprint density at radius 1 is 1.10 bits per heavy atom. The van der Waals surface area contributed by atoms with E-state index in [9.17, 15) is 19.7 Å². The van der Waals surface area contributed by atoms with Gasteiger partial charge in [0.25, 0.3) is 11.6 Å². The molecule has 0 spiro atoms. The fourth-order valence-electron chi connectivity index (χ4n) is 3.26. The molecule has 0 radical (unpaired) electrons. The Balaban J connectivity index is 1.75. The molecule has 0 saturated carbocycles. The van der Waals surface area contributed by atoms with Crippen molar-refractivity contribution in [2.75, 3.05) is 37.7 Å². The number of amides is 1. The molecule has 1 amide bonds. The molecular weight excluding hydrogens is 433 g/mol. The van der Waals surface area contributed by atoms with Crippen LogP contribution in [-0.4, -0.2) is 54.5 Å². The minimum Gasteiger partial charge on any atom is -0.462 e. The number of carbonyl (C=O) groups is 2. The molecule has 0 N–H and O–H groups in total. The van der Waals surface area contributed by atoms with E-state index in [0.717, 1.165) is 0 Å². The first-order valence-corrected chi connectivity index (χ1v) is 10.0. The fraction of sp³-hybridized carbons (Fsp3) is 0.300. The lowest BCUT2D eigenvalue weighted by atomic mass is 10.1. The largest absolute Gasteiger partial charge is 0.462 e. The number of hydrogen-bond donors (Lipinski definition) is 0. The highest BCUT2D eigenvalue weighted by molar-refractivity contribution is 6.36. The minimum atomic E-state index is -0.609. The third-order valence-electron chi connectivity index (χ3n) is 4.75.